The van der Waals surface area contributed by atoms with Crippen LogP contribution in [0.4, 0.5) is 34.1 Å². The number of fused-ring (bicyclic) bond motifs is 10. The third kappa shape index (κ3) is 5.39. The minimum Gasteiger partial charge on any atom is -0.311 e. The quantitative estimate of drug-likeness (QED) is 0.160. The SMILES string of the molecule is C[Si]c1cc(C(C)(C)C)ccc1N1c2cc(C)cc3c2B(c2ccc4c5c2N3c2cc3c(cc2C5(C)CCC4(C)C)C(C)(C)CCC3(C)C)c2sc3ccc(C(C)(C)C)cc3c21. The van der Waals surface area contributed by atoms with Crippen molar-refractivity contribution >= 4 is 92.7 Å². The van der Waals surface area contributed by atoms with Crippen LogP contribution in [0.2, 0.25) is 6.55 Å². The van der Waals surface area contributed by atoms with Crippen molar-refractivity contribution in [1.82, 2.24) is 0 Å². The van der Waals surface area contributed by atoms with Crippen LogP contribution in [-0.4, -0.2) is 16.2 Å². The van der Waals surface area contributed by atoms with E-state index in [-0.39, 0.29) is 39.2 Å². The smallest absolute Gasteiger partial charge is 0.264 e. The molecular formula is C57H65BN2SSi. The van der Waals surface area contributed by atoms with Crippen molar-refractivity contribution in [1.29, 1.82) is 0 Å². The highest BCUT2D eigenvalue weighted by molar-refractivity contribution is 7.33. The van der Waals surface area contributed by atoms with E-state index in [1.165, 1.54) is 107 Å². The number of anilines is 6. The molecular weight excluding hydrogens is 784 g/mol. The summed E-state index contributed by atoms with van der Waals surface area (Å²) in [7, 11) is 0.666. The van der Waals surface area contributed by atoms with Crippen molar-refractivity contribution in [3.05, 3.63) is 117 Å². The maximum atomic E-state index is 2.81. The van der Waals surface area contributed by atoms with Crippen molar-refractivity contribution in [2.45, 2.75) is 162 Å². The molecule has 0 saturated carbocycles. The summed E-state index contributed by atoms with van der Waals surface area (Å²) in [6, 6.07) is 30.5. The predicted octanol–water partition coefficient (Wildman–Crippen LogP) is 13.3. The van der Waals surface area contributed by atoms with Gasteiger partial charge in [0, 0.05) is 43.0 Å². The molecule has 2 aliphatic carbocycles. The number of rotatable bonds is 2. The molecule has 6 aromatic rings. The van der Waals surface area contributed by atoms with Gasteiger partial charge in [-0.1, -0.05) is 133 Å². The first-order chi connectivity index (χ1) is 29.0. The molecule has 1 aromatic heterocycles. The maximum Gasteiger partial charge on any atom is 0.264 e. The summed E-state index contributed by atoms with van der Waals surface area (Å²) in [6.07, 6.45) is 4.77. The summed E-state index contributed by atoms with van der Waals surface area (Å²) in [6.45, 7) is 36.6. The molecule has 5 aliphatic rings. The van der Waals surface area contributed by atoms with Crippen molar-refractivity contribution in [3.8, 4) is 0 Å². The van der Waals surface area contributed by atoms with Gasteiger partial charge in [0.2, 0.25) is 0 Å². The second-order valence-electron chi connectivity index (χ2n) is 24.2. The lowest BCUT2D eigenvalue weighted by Gasteiger charge is -2.55. The van der Waals surface area contributed by atoms with Crippen LogP contribution in [0.3, 0.4) is 0 Å². The van der Waals surface area contributed by atoms with Gasteiger partial charge < -0.3 is 9.80 Å². The standard InChI is InChI=1S/C57H65BN2SSi/c1-32-26-43-48-44(27-32)60-42-31-38-37(55(10,11)22-23-56(38,12)13)30-39(42)57(14)25-24-54(8,9)36-18-19-40(50(60)47(36)57)58(48)51-49(35-28-33(52(2,3)4)17-21-45(35)61-51)59(43)41-20-16-34(53(5,6)7)29-46(41)62-15/h16-21,26-31H,22-25H2,1-15H3. The summed E-state index contributed by atoms with van der Waals surface area (Å²) in [5.41, 5.74) is 23.5. The van der Waals surface area contributed by atoms with E-state index >= 15 is 0 Å². The third-order valence-corrected chi connectivity index (χ3v) is 18.7. The Balaban J connectivity index is 1.29. The first-order valence-electron chi connectivity index (χ1n) is 23.5. The van der Waals surface area contributed by atoms with E-state index < -0.39 is 0 Å². The van der Waals surface area contributed by atoms with Gasteiger partial charge in [-0.25, -0.2) is 0 Å². The summed E-state index contributed by atoms with van der Waals surface area (Å²) in [5.74, 6) is 0. The number of thiophene rings is 1. The Bertz CT molecular complexity index is 2950. The molecule has 62 heavy (non-hydrogen) atoms. The van der Waals surface area contributed by atoms with Crippen molar-refractivity contribution in [2.24, 2.45) is 0 Å². The maximum absolute atomic E-state index is 2.81. The number of benzene rings is 5. The topological polar surface area (TPSA) is 6.48 Å². The second-order valence-corrected chi connectivity index (χ2v) is 26.3. The highest BCUT2D eigenvalue weighted by Gasteiger charge is 2.55. The summed E-state index contributed by atoms with van der Waals surface area (Å²) in [4.78, 5) is 5.55. The average molecular weight is 849 g/mol. The van der Waals surface area contributed by atoms with Crippen LogP contribution in [0.1, 0.15) is 160 Å². The molecule has 3 aliphatic heterocycles. The molecule has 11 rings (SSSR count). The largest absolute Gasteiger partial charge is 0.311 e. The Morgan fingerprint density at radius 1 is 0.581 bits per heavy atom. The van der Waals surface area contributed by atoms with Crippen molar-refractivity contribution in [3.63, 3.8) is 0 Å². The van der Waals surface area contributed by atoms with Crippen LogP contribution in [0.5, 0.6) is 0 Å². The van der Waals surface area contributed by atoms with E-state index in [1.807, 2.05) is 11.3 Å². The molecule has 0 bridgehead atoms. The third-order valence-electron chi connectivity index (χ3n) is 16.5. The number of hydrogen-bond donors (Lipinski definition) is 0. The molecule has 5 aromatic carbocycles. The highest BCUT2D eigenvalue weighted by Crippen LogP contribution is 2.63. The normalized spacial score (nSPS) is 21.0. The number of aryl methyl sites for hydroxylation is 1. The van der Waals surface area contributed by atoms with Gasteiger partial charge in [0.1, 0.15) is 0 Å². The lowest BCUT2D eigenvalue weighted by molar-refractivity contribution is 0.327. The van der Waals surface area contributed by atoms with Gasteiger partial charge in [-0.3, -0.25) is 0 Å². The fourth-order valence-corrected chi connectivity index (χ4v) is 14.6. The second kappa shape index (κ2) is 12.6. The average Bonchev–Trinajstić information content (AvgIpc) is 3.58. The van der Waals surface area contributed by atoms with Crippen LogP contribution in [0, 0.1) is 6.92 Å². The summed E-state index contributed by atoms with van der Waals surface area (Å²) < 4.78 is 2.87. The van der Waals surface area contributed by atoms with E-state index in [0.717, 1.165) is 6.42 Å². The molecule has 2 radical (unpaired) electrons. The Morgan fingerprint density at radius 3 is 1.81 bits per heavy atom. The Labute approximate surface area is 379 Å². The predicted molar refractivity (Wildman–Crippen MR) is 273 cm³/mol. The molecule has 0 N–H and O–H groups in total. The van der Waals surface area contributed by atoms with Gasteiger partial charge in [0.25, 0.3) is 6.71 Å². The molecule has 1 unspecified atom stereocenters. The number of nitrogens with zero attached hydrogens (tertiary/aromatic N) is 2. The van der Waals surface area contributed by atoms with Crippen molar-refractivity contribution < 1.29 is 0 Å². The molecule has 0 spiro atoms. The van der Waals surface area contributed by atoms with Crippen LogP contribution in [-0.2, 0) is 32.5 Å². The van der Waals surface area contributed by atoms with Gasteiger partial charge in [0.05, 0.1) is 20.9 Å². The zero-order valence-electron chi connectivity index (χ0n) is 40.1. The molecule has 0 amide bonds. The van der Waals surface area contributed by atoms with Gasteiger partial charge >= 0.3 is 0 Å². The lowest BCUT2D eigenvalue weighted by atomic mass is 9.35. The zero-order valence-corrected chi connectivity index (χ0v) is 42.0. The van der Waals surface area contributed by atoms with E-state index in [2.05, 4.69) is 186 Å². The monoisotopic (exact) mass is 848 g/mol. The minimum atomic E-state index is -0.0874. The number of hydrogen-bond acceptors (Lipinski definition) is 3. The summed E-state index contributed by atoms with van der Waals surface area (Å²) >= 11 is 2.05. The lowest BCUT2D eigenvalue weighted by Crippen LogP contribution is -2.62. The first kappa shape index (κ1) is 40.7. The minimum absolute atomic E-state index is 0.0378. The van der Waals surface area contributed by atoms with E-state index in [0.29, 0.717) is 9.52 Å². The Hall–Kier alpha value is -4.06. The van der Waals surface area contributed by atoms with Crippen molar-refractivity contribution in [2.75, 3.05) is 9.80 Å². The molecule has 0 saturated heterocycles. The Morgan fingerprint density at radius 2 is 1.16 bits per heavy atom. The first-order valence-corrected chi connectivity index (χ1v) is 25.8. The van der Waals surface area contributed by atoms with E-state index in [1.54, 1.807) is 22.3 Å². The molecule has 1 atom stereocenters. The summed E-state index contributed by atoms with van der Waals surface area (Å²) in [5, 5.41) is 2.82. The van der Waals surface area contributed by atoms with Crippen LogP contribution in [0.25, 0.3) is 10.1 Å². The Kier molecular flexibility index (Phi) is 8.27. The van der Waals surface area contributed by atoms with E-state index in [4.69, 9.17) is 0 Å². The van der Waals surface area contributed by atoms with Gasteiger partial charge in [-0.15, -0.1) is 11.3 Å². The molecule has 2 nitrogen and oxygen atoms in total. The highest BCUT2D eigenvalue weighted by atomic mass is 32.1. The van der Waals surface area contributed by atoms with Crippen LogP contribution in [0.15, 0.2) is 72.8 Å². The van der Waals surface area contributed by atoms with Crippen LogP contribution >= 0.6 is 11.3 Å². The zero-order chi connectivity index (χ0) is 44.0. The molecule has 4 heterocycles. The van der Waals surface area contributed by atoms with Gasteiger partial charge in [0.15, 0.2) is 0 Å². The van der Waals surface area contributed by atoms with Gasteiger partial charge in [-0.05, 0) is 157 Å². The van der Waals surface area contributed by atoms with E-state index in [9.17, 15) is 0 Å². The van der Waals surface area contributed by atoms with Gasteiger partial charge in [-0.2, -0.15) is 0 Å². The van der Waals surface area contributed by atoms with Crippen LogP contribution < -0.4 is 30.7 Å². The fourth-order valence-electron chi connectivity index (χ4n) is 12.5. The molecule has 0 fully saturated rings. The molecule has 316 valence electrons. The molecule has 5 heteroatoms. The fraction of sp³-hybridized carbons (Fsp3) is 0.439.